The number of benzene rings is 3. The van der Waals surface area contributed by atoms with Crippen LogP contribution in [0.15, 0.2) is 89.3 Å². The highest BCUT2D eigenvalue weighted by Gasteiger charge is 2.37. The van der Waals surface area contributed by atoms with Gasteiger partial charge in [0.2, 0.25) is 11.6 Å². The van der Waals surface area contributed by atoms with E-state index in [2.05, 4.69) is 0 Å². The average Bonchev–Trinajstić information content (AvgIpc) is 2.73. The second kappa shape index (κ2) is 7.49. The molecule has 1 atom stereocenters. The zero-order valence-electron chi connectivity index (χ0n) is 15.3. The van der Waals surface area contributed by atoms with E-state index in [1.54, 1.807) is 24.3 Å². The van der Waals surface area contributed by atoms with E-state index in [0.717, 1.165) is 16.0 Å². The number of carbonyl (C=O) groups is 2. The van der Waals surface area contributed by atoms with Crippen LogP contribution in [0.25, 0.3) is 5.76 Å². The number of ketones is 2. The number of hydrogen-bond donors (Lipinski definition) is 1. The molecule has 4 heteroatoms. The van der Waals surface area contributed by atoms with Crippen molar-refractivity contribution in [2.45, 2.75) is 17.1 Å². The first-order valence-electron chi connectivity index (χ1n) is 8.96. The number of fused-ring (bicyclic) bond motifs is 1. The second-order valence-corrected chi connectivity index (χ2v) is 7.79. The van der Waals surface area contributed by atoms with Gasteiger partial charge in [-0.2, -0.15) is 0 Å². The van der Waals surface area contributed by atoms with Gasteiger partial charge in [0, 0.05) is 16.0 Å². The molecular formula is C24H18O3S. The van der Waals surface area contributed by atoms with Crippen LogP contribution in [0, 0.1) is 6.92 Å². The molecule has 0 aromatic heterocycles. The Kier molecular flexibility index (Phi) is 4.88. The molecule has 0 fully saturated rings. The summed E-state index contributed by atoms with van der Waals surface area (Å²) in [6, 6.07) is 24.1. The normalized spacial score (nSPS) is 14.8. The number of hydrogen-bond acceptors (Lipinski definition) is 4. The summed E-state index contributed by atoms with van der Waals surface area (Å²) in [6.45, 7) is 2.00. The molecule has 0 saturated heterocycles. The fourth-order valence-electron chi connectivity index (χ4n) is 3.37. The molecule has 3 nitrogen and oxygen atoms in total. The highest BCUT2D eigenvalue weighted by atomic mass is 32.2. The number of aliphatic hydroxyl groups excluding tert-OH is 1. The van der Waals surface area contributed by atoms with Crippen LogP contribution in [0.1, 0.15) is 32.3 Å². The van der Waals surface area contributed by atoms with E-state index in [-0.39, 0.29) is 16.9 Å². The van der Waals surface area contributed by atoms with Crippen LogP contribution < -0.4 is 0 Å². The minimum atomic E-state index is -0.647. The monoisotopic (exact) mass is 386 g/mol. The Morgan fingerprint density at radius 1 is 0.750 bits per heavy atom. The van der Waals surface area contributed by atoms with Gasteiger partial charge in [0.25, 0.3) is 0 Å². The van der Waals surface area contributed by atoms with E-state index < -0.39 is 16.8 Å². The molecule has 0 spiro atoms. The quantitative estimate of drug-likeness (QED) is 0.471. The fourth-order valence-corrected chi connectivity index (χ4v) is 4.66. The molecule has 28 heavy (non-hydrogen) atoms. The van der Waals surface area contributed by atoms with Crippen molar-refractivity contribution in [3.05, 3.63) is 107 Å². The standard InChI is InChI=1S/C24H18O3S/c1-15-9-5-8-14-19(15)28-24(16-10-3-2-4-11-16)20-21(25)17-12-6-7-13-18(17)22(26)23(20)27/h2-14,24-25H,1H3. The molecule has 1 unspecified atom stereocenters. The lowest BCUT2D eigenvalue weighted by atomic mass is 9.85. The first kappa shape index (κ1) is 18.3. The van der Waals surface area contributed by atoms with Crippen molar-refractivity contribution >= 4 is 29.1 Å². The van der Waals surface area contributed by atoms with Crippen LogP contribution in [0.3, 0.4) is 0 Å². The summed E-state index contributed by atoms with van der Waals surface area (Å²) in [5.41, 5.74) is 2.74. The van der Waals surface area contributed by atoms with Gasteiger partial charge in [0.1, 0.15) is 5.76 Å². The minimum absolute atomic E-state index is 0.116. The summed E-state index contributed by atoms with van der Waals surface area (Å²) in [4.78, 5) is 26.7. The Balaban J connectivity index is 1.90. The molecular weight excluding hydrogens is 368 g/mol. The average molecular weight is 386 g/mol. The lowest BCUT2D eigenvalue weighted by molar-refractivity contribution is -0.112. The van der Waals surface area contributed by atoms with E-state index >= 15 is 0 Å². The fraction of sp³-hybridized carbons (Fsp3) is 0.0833. The van der Waals surface area contributed by atoms with Crippen molar-refractivity contribution in [3.8, 4) is 0 Å². The molecule has 138 valence electrons. The zero-order valence-corrected chi connectivity index (χ0v) is 16.1. The summed E-state index contributed by atoms with van der Waals surface area (Å²) in [6.07, 6.45) is 0. The summed E-state index contributed by atoms with van der Waals surface area (Å²) < 4.78 is 0. The lowest BCUT2D eigenvalue weighted by Gasteiger charge is -2.25. The van der Waals surface area contributed by atoms with Crippen LogP contribution in [0.2, 0.25) is 0 Å². The predicted molar refractivity (Wildman–Crippen MR) is 112 cm³/mol. The van der Waals surface area contributed by atoms with Gasteiger partial charge in [-0.25, -0.2) is 0 Å². The van der Waals surface area contributed by atoms with Gasteiger partial charge in [-0.3, -0.25) is 9.59 Å². The van der Waals surface area contributed by atoms with E-state index in [9.17, 15) is 14.7 Å². The number of carbonyl (C=O) groups excluding carboxylic acids is 2. The summed E-state index contributed by atoms with van der Waals surface area (Å²) in [5.74, 6) is -1.34. The van der Waals surface area contributed by atoms with E-state index in [1.165, 1.54) is 11.8 Å². The maximum atomic E-state index is 13.0. The van der Waals surface area contributed by atoms with Crippen molar-refractivity contribution in [2.24, 2.45) is 0 Å². The third-order valence-corrected chi connectivity index (χ3v) is 6.29. The van der Waals surface area contributed by atoms with Crippen molar-refractivity contribution in [3.63, 3.8) is 0 Å². The third-order valence-electron chi connectivity index (χ3n) is 4.84. The Morgan fingerprint density at radius 2 is 1.36 bits per heavy atom. The smallest absolute Gasteiger partial charge is 0.234 e. The first-order chi connectivity index (χ1) is 13.6. The van der Waals surface area contributed by atoms with Crippen LogP contribution in [-0.4, -0.2) is 16.7 Å². The second-order valence-electron chi connectivity index (χ2n) is 6.64. The number of rotatable bonds is 4. The maximum Gasteiger partial charge on any atom is 0.234 e. The topological polar surface area (TPSA) is 54.4 Å². The van der Waals surface area contributed by atoms with Gasteiger partial charge in [0.05, 0.1) is 10.8 Å². The minimum Gasteiger partial charge on any atom is -0.507 e. The molecule has 0 aliphatic heterocycles. The zero-order chi connectivity index (χ0) is 19.7. The van der Waals surface area contributed by atoms with Gasteiger partial charge in [-0.15, -0.1) is 11.8 Å². The predicted octanol–water partition coefficient (Wildman–Crippen LogP) is 5.56. The highest BCUT2D eigenvalue weighted by molar-refractivity contribution is 7.99. The molecule has 1 aliphatic carbocycles. The lowest BCUT2D eigenvalue weighted by Crippen LogP contribution is -2.26. The van der Waals surface area contributed by atoms with E-state index in [4.69, 9.17) is 0 Å². The summed E-state index contributed by atoms with van der Waals surface area (Å²) in [7, 11) is 0. The molecule has 3 aromatic carbocycles. The molecule has 0 heterocycles. The molecule has 3 aromatic rings. The molecule has 0 saturated carbocycles. The summed E-state index contributed by atoms with van der Waals surface area (Å²) in [5, 5.41) is 10.5. The van der Waals surface area contributed by atoms with Crippen molar-refractivity contribution in [2.75, 3.05) is 0 Å². The summed E-state index contributed by atoms with van der Waals surface area (Å²) >= 11 is 1.47. The molecule has 1 aliphatic rings. The van der Waals surface area contributed by atoms with Crippen molar-refractivity contribution in [1.82, 2.24) is 0 Å². The Labute approximate surface area is 167 Å². The van der Waals surface area contributed by atoms with E-state index in [0.29, 0.717) is 5.56 Å². The van der Waals surface area contributed by atoms with E-state index in [1.807, 2.05) is 61.5 Å². The van der Waals surface area contributed by atoms with Gasteiger partial charge >= 0.3 is 0 Å². The Bertz CT molecular complexity index is 1100. The van der Waals surface area contributed by atoms with Gasteiger partial charge in [0.15, 0.2) is 0 Å². The van der Waals surface area contributed by atoms with Crippen molar-refractivity contribution < 1.29 is 14.7 Å². The van der Waals surface area contributed by atoms with Crippen LogP contribution in [0.4, 0.5) is 0 Å². The largest absolute Gasteiger partial charge is 0.507 e. The van der Waals surface area contributed by atoms with Gasteiger partial charge in [-0.05, 0) is 24.1 Å². The number of aryl methyl sites for hydroxylation is 1. The molecule has 0 bridgehead atoms. The maximum absolute atomic E-state index is 13.0. The first-order valence-corrected chi connectivity index (χ1v) is 9.84. The van der Waals surface area contributed by atoms with Crippen LogP contribution >= 0.6 is 11.8 Å². The number of Topliss-reactive ketones (excluding diaryl/α,β-unsaturated/α-hetero) is 2. The van der Waals surface area contributed by atoms with Crippen LogP contribution in [-0.2, 0) is 4.79 Å². The molecule has 1 N–H and O–H groups in total. The molecule has 0 radical (unpaired) electrons. The Hall–Kier alpha value is -3.11. The number of thioether (sulfide) groups is 1. The SMILES string of the molecule is Cc1ccccc1SC(C1=C(O)c2ccccc2C(=O)C1=O)c1ccccc1. The van der Waals surface area contributed by atoms with Crippen LogP contribution in [0.5, 0.6) is 0 Å². The van der Waals surface area contributed by atoms with Gasteiger partial charge < -0.3 is 5.11 Å². The number of aliphatic hydroxyl groups is 1. The molecule has 0 amide bonds. The Morgan fingerprint density at radius 3 is 2.07 bits per heavy atom. The van der Waals surface area contributed by atoms with Crippen molar-refractivity contribution in [1.29, 1.82) is 0 Å². The third kappa shape index (κ3) is 3.16. The highest BCUT2D eigenvalue weighted by Crippen LogP contribution is 2.46. The van der Waals surface area contributed by atoms with Gasteiger partial charge in [-0.1, -0.05) is 72.8 Å². The molecule has 4 rings (SSSR count).